The first-order chi connectivity index (χ1) is 16.4. The summed E-state index contributed by atoms with van der Waals surface area (Å²) < 4.78 is 101. The summed E-state index contributed by atoms with van der Waals surface area (Å²) in [4.78, 5) is 27.7. The van der Waals surface area contributed by atoms with Gasteiger partial charge in [0.1, 0.15) is 28.6 Å². The summed E-state index contributed by atoms with van der Waals surface area (Å²) in [5.74, 6) is -3.71. The first-order valence-corrected chi connectivity index (χ1v) is 10.0. The minimum Gasteiger partial charge on any atom is -0.467 e. The second kappa shape index (κ2) is 9.15. The smallest absolute Gasteiger partial charge is 0.424 e. The monoisotopic (exact) mass is 524 g/mol. The van der Waals surface area contributed by atoms with Crippen LogP contribution in [0, 0.1) is 5.82 Å². The van der Waals surface area contributed by atoms with Crippen LogP contribution in [0.2, 0.25) is 0 Å². The van der Waals surface area contributed by atoms with Crippen molar-refractivity contribution < 1.29 is 45.0 Å². The fraction of sp³-hybridized carbons (Fsp3) is 0.450. The van der Waals surface area contributed by atoms with E-state index in [1.165, 1.54) is 6.92 Å². The lowest BCUT2D eigenvalue weighted by molar-refractivity contribution is -0.249. The lowest BCUT2D eigenvalue weighted by Gasteiger charge is -2.40. The topological polar surface area (TPSA) is 139 Å². The third-order valence-corrected chi connectivity index (χ3v) is 5.22. The van der Waals surface area contributed by atoms with Gasteiger partial charge in [-0.25, -0.2) is 9.37 Å². The zero-order valence-corrected chi connectivity index (χ0v) is 18.7. The molecule has 4 N–H and O–H groups in total. The number of Topliss-reactive ketones (excluding diaryl/α,β-unsaturated/α-hetero) is 1. The van der Waals surface area contributed by atoms with E-state index < -0.39 is 83.6 Å². The van der Waals surface area contributed by atoms with Gasteiger partial charge < -0.3 is 20.9 Å². The van der Waals surface area contributed by atoms with Crippen LogP contribution >= 0.6 is 0 Å². The molecule has 0 saturated carbocycles. The number of nitrogens with two attached hydrogens (primary N) is 2. The van der Waals surface area contributed by atoms with Crippen molar-refractivity contribution in [2.75, 3.05) is 18.9 Å². The first-order valence-electron chi connectivity index (χ1n) is 10.0. The summed E-state index contributed by atoms with van der Waals surface area (Å²) in [5, 5.41) is 0. The summed E-state index contributed by atoms with van der Waals surface area (Å²) >= 11 is 0. The molecule has 0 fully saturated rings. The van der Waals surface area contributed by atoms with E-state index >= 15 is 0 Å². The Balaban J connectivity index is 1.84. The molecule has 36 heavy (non-hydrogen) atoms. The molecule has 0 aromatic carbocycles. The number of ketones is 1. The third-order valence-electron chi connectivity index (χ3n) is 5.22. The molecular weight excluding hydrogens is 505 g/mol. The van der Waals surface area contributed by atoms with Crippen LogP contribution in [0.4, 0.5) is 36.6 Å². The molecule has 16 heteroatoms. The third kappa shape index (κ3) is 5.47. The number of rotatable bonds is 6. The number of alkyl halides is 6. The molecule has 0 saturated heterocycles. The van der Waals surface area contributed by atoms with E-state index in [-0.39, 0.29) is 5.69 Å². The largest absolute Gasteiger partial charge is 0.467 e. The Morgan fingerprint density at radius 2 is 1.81 bits per heavy atom. The highest BCUT2D eigenvalue weighted by atomic mass is 19.4. The summed E-state index contributed by atoms with van der Waals surface area (Å²) in [6, 6.07) is 2.07. The lowest BCUT2D eigenvalue weighted by Crippen LogP contribution is -2.60. The maximum atomic E-state index is 14.6. The highest BCUT2D eigenvalue weighted by Gasteiger charge is 2.59. The Kier molecular flexibility index (Phi) is 6.87. The van der Waals surface area contributed by atoms with Gasteiger partial charge in [-0.05, 0) is 26.0 Å². The van der Waals surface area contributed by atoms with Crippen LogP contribution < -0.4 is 16.2 Å². The van der Waals surface area contributed by atoms with Gasteiger partial charge in [-0.3, -0.25) is 14.8 Å². The Bertz CT molecular complexity index is 1200. The number of carbonyl (C=O) groups is 1. The average molecular weight is 524 g/mol. The van der Waals surface area contributed by atoms with Crippen LogP contribution in [0.25, 0.3) is 0 Å². The zero-order chi connectivity index (χ0) is 27.1. The molecule has 9 nitrogen and oxygen atoms in total. The van der Waals surface area contributed by atoms with Crippen LogP contribution in [-0.4, -0.2) is 57.7 Å². The van der Waals surface area contributed by atoms with Gasteiger partial charge in [0, 0.05) is 5.69 Å². The van der Waals surface area contributed by atoms with Gasteiger partial charge in [-0.15, -0.1) is 0 Å². The predicted molar refractivity (Wildman–Crippen MR) is 110 cm³/mol. The molecule has 0 bridgehead atoms. The van der Waals surface area contributed by atoms with Crippen molar-refractivity contribution in [2.45, 2.75) is 43.8 Å². The number of amidine groups is 1. The van der Waals surface area contributed by atoms with Gasteiger partial charge in [0.25, 0.3) is 0 Å². The Hall–Kier alpha value is -3.56. The number of carbonyl (C=O) groups excluding carboxylic acids is 1. The minimum absolute atomic E-state index is 0.0332. The van der Waals surface area contributed by atoms with Crippen molar-refractivity contribution >= 4 is 17.4 Å². The Labute approximate surface area is 198 Å². The van der Waals surface area contributed by atoms with E-state index in [9.17, 15) is 35.5 Å². The molecular formula is C20H19F7N6O3. The number of anilines is 1. The molecule has 0 radical (unpaired) electrons. The molecule has 0 aliphatic carbocycles. The van der Waals surface area contributed by atoms with Gasteiger partial charge in [0.05, 0.1) is 19.2 Å². The number of ether oxygens (including phenoxy) is 2. The standard InChI is InChI=1S/C20H19F7N6O3/c1-17(7-36-18(2,16(29)33-17)20(25,26)27)14-10(21)4-3-9(31-14)5-11(34)13-15(28)32-12(6-30-13)35-8-19(22,23)24/h3-4,6H,5,7-8H2,1-2H3,(H2,28,32)(H2,29,33)/t17-,18+/m0/s1. The molecule has 0 unspecified atom stereocenters. The van der Waals surface area contributed by atoms with E-state index in [0.29, 0.717) is 6.92 Å². The number of aromatic nitrogens is 3. The number of hydrogen-bond donors (Lipinski definition) is 2. The summed E-state index contributed by atoms with van der Waals surface area (Å²) in [7, 11) is 0. The molecule has 0 spiro atoms. The fourth-order valence-electron chi connectivity index (χ4n) is 3.15. The van der Waals surface area contributed by atoms with E-state index in [2.05, 4.69) is 24.7 Å². The second-order valence-electron chi connectivity index (χ2n) is 8.17. The summed E-state index contributed by atoms with van der Waals surface area (Å²) in [6.45, 7) is -0.414. The van der Waals surface area contributed by atoms with Gasteiger partial charge in [0.2, 0.25) is 11.5 Å². The average Bonchev–Trinajstić information content (AvgIpc) is 2.75. The van der Waals surface area contributed by atoms with Crippen molar-refractivity contribution in [1.82, 2.24) is 15.0 Å². The quantitative estimate of drug-likeness (QED) is 0.435. The maximum Gasteiger partial charge on any atom is 0.424 e. The number of aliphatic imine (C=N–C) groups is 1. The molecule has 0 amide bonds. The maximum absolute atomic E-state index is 14.6. The SMILES string of the molecule is C[C@@]1(c2nc(CC(=O)c3ncc(OCC(F)(F)F)nc3N)ccc2F)CO[C@@](C)(C(F)(F)F)C(N)=N1. The lowest BCUT2D eigenvalue weighted by atomic mass is 9.93. The van der Waals surface area contributed by atoms with Crippen LogP contribution in [0.1, 0.15) is 35.7 Å². The van der Waals surface area contributed by atoms with Crippen molar-refractivity contribution in [3.8, 4) is 5.88 Å². The van der Waals surface area contributed by atoms with Crippen LogP contribution in [0.15, 0.2) is 23.3 Å². The van der Waals surface area contributed by atoms with Gasteiger partial charge in [-0.1, -0.05) is 0 Å². The number of halogens is 7. The van der Waals surface area contributed by atoms with Crippen molar-refractivity contribution in [3.05, 3.63) is 41.2 Å². The molecule has 1 aliphatic rings. The van der Waals surface area contributed by atoms with Crippen molar-refractivity contribution in [1.29, 1.82) is 0 Å². The van der Waals surface area contributed by atoms with Gasteiger partial charge >= 0.3 is 12.4 Å². The summed E-state index contributed by atoms with van der Waals surface area (Å²) in [5.41, 5.74) is 5.66. The molecule has 2 aromatic rings. The highest BCUT2D eigenvalue weighted by molar-refractivity contribution is 5.99. The van der Waals surface area contributed by atoms with Crippen molar-refractivity contribution in [3.63, 3.8) is 0 Å². The van der Waals surface area contributed by atoms with Crippen LogP contribution in [-0.2, 0) is 16.7 Å². The van der Waals surface area contributed by atoms with Crippen LogP contribution in [0.5, 0.6) is 5.88 Å². The second-order valence-corrected chi connectivity index (χ2v) is 8.17. The molecule has 2 aromatic heterocycles. The van der Waals surface area contributed by atoms with E-state index in [0.717, 1.165) is 18.3 Å². The Morgan fingerprint density at radius 3 is 2.36 bits per heavy atom. The molecule has 3 heterocycles. The fourth-order valence-corrected chi connectivity index (χ4v) is 3.15. The van der Waals surface area contributed by atoms with Crippen LogP contribution in [0.3, 0.4) is 0 Å². The summed E-state index contributed by atoms with van der Waals surface area (Å²) in [6.07, 6.45) is -9.24. The molecule has 2 atom stereocenters. The molecule has 1 aliphatic heterocycles. The normalized spacial score (nSPS) is 22.8. The minimum atomic E-state index is -4.88. The van der Waals surface area contributed by atoms with Crippen molar-refractivity contribution in [2.24, 2.45) is 10.7 Å². The number of nitrogen functional groups attached to an aromatic ring is 1. The van der Waals surface area contributed by atoms with E-state index in [4.69, 9.17) is 16.2 Å². The van der Waals surface area contributed by atoms with E-state index in [1.807, 2.05) is 0 Å². The number of nitrogens with zero attached hydrogens (tertiary/aromatic N) is 4. The highest BCUT2D eigenvalue weighted by Crippen LogP contribution is 2.40. The first kappa shape index (κ1) is 27.0. The molecule has 3 rings (SSSR count). The number of pyridine rings is 1. The van der Waals surface area contributed by atoms with Gasteiger partial charge in [0.15, 0.2) is 18.2 Å². The predicted octanol–water partition coefficient (Wildman–Crippen LogP) is 2.88. The zero-order valence-electron chi connectivity index (χ0n) is 18.7. The van der Waals surface area contributed by atoms with Gasteiger partial charge in [-0.2, -0.15) is 31.3 Å². The molecule has 196 valence electrons. The van der Waals surface area contributed by atoms with E-state index in [1.54, 1.807) is 0 Å². The number of hydrogen-bond acceptors (Lipinski definition) is 9. The Morgan fingerprint density at radius 1 is 1.14 bits per heavy atom.